The number of carbonyl (C=O) groups is 1. The zero-order valence-electron chi connectivity index (χ0n) is 16.2. The van der Waals surface area contributed by atoms with Crippen molar-refractivity contribution < 1.29 is 14.3 Å². The largest absolute Gasteiger partial charge is 0.493 e. The molecule has 0 saturated carbocycles. The van der Waals surface area contributed by atoms with Crippen molar-refractivity contribution in [1.29, 1.82) is 0 Å². The summed E-state index contributed by atoms with van der Waals surface area (Å²) in [5, 5.41) is 3.84. The summed E-state index contributed by atoms with van der Waals surface area (Å²) in [5.41, 5.74) is 3.85. The van der Waals surface area contributed by atoms with Gasteiger partial charge in [0.1, 0.15) is 15.4 Å². The number of aryl methyl sites for hydroxylation is 1. The van der Waals surface area contributed by atoms with E-state index < -0.39 is 0 Å². The maximum atomic E-state index is 12.9. The van der Waals surface area contributed by atoms with Crippen molar-refractivity contribution in [2.75, 3.05) is 19.5 Å². The molecule has 0 fully saturated rings. The highest BCUT2D eigenvalue weighted by Gasteiger charge is 2.18. The maximum Gasteiger partial charge on any atom is 0.259 e. The first-order valence-electron chi connectivity index (χ1n) is 8.95. The Morgan fingerprint density at radius 1 is 1.07 bits per heavy atom. The predicted octanol–water partition coefficient (Wildman–Crippen LogP) is 4.94. The number of nitrogens with zero attached hydrogens (tertiary/aromatic N) is 2. The third-order valence-corrected chi connectivity index (χ3v) is 5.57. The van der Waals surface area contributed by atoms with Gasteiger partial charge < -0.3 is 14.8 Å². The number of amides is 1. The standard InChI is InChI=1S/C22H19N3O3S/c1-13-9-10-14(21-25-16-7-5-11-23-22(16)29-21)12-17(13)24-20(26)15-6-4-8-18(27-2)19(15)28-3/h4-12H,1-3H3,(H,24,26). The number of pyridine rings is 1. The van der Waals surface area contributed by atoms with Crippen LogP contribution in [0.5, 0.6) is 11.5 Å². The molecule has 6 nitrogen and oxygen atoms in total. The lowest BCUT2D eigenvalue weighted by molar-refractivity contribution is 0.102. The van der Waals surface area contributed by atoms with E-state index in [0.29, 0.717) is 22.7 Å². The SMILES string of the molecule is COc1cccc(C(=O)Nc2cc(-c3nc4cccnc4s3)ccc2C)c1OC. The summed E-state index contributed by atoms with van der Waals surface area (Å²) < 4.78 is 10.7. The van der Waals surface area contributed by atoms with E-state index in [4.69, 9.17) is 9.47 Å². The Bertz CT molecular complexity index is 1170. The molecule has 1 N–H and O–H groups in total. The van der Waals surface area contributed by atoms with E-state index in [0.717, 1.165) is 26.5 Å². The molecule has 146 valence electrons. The Labute approximate surface area is 172 Å². The van der Waals surface area contributed by atoms with E-state index in [1.807, 2.05) is 37.3 Å². The monoisotopic (exact) mass is 405 g/mol. The van der Waals surface area contributed by atoms with Gasteiger partial charge >= 0.3 is 0 Å². The molecule has 0 bridgehead atoms. The highest BCUT2D eigenvalue weighted by molar-refractivity contribution is 7.21. The van der Waals surface area contributed by atoms with Crippen LogP contribution < -0.4 is 14.8 Å². The van der Waals surface area contributed by atoms with Gasteiger partial charge in [-0.3, -0.25) is 4.79 Å². The lowest BCUT2D eigenvalue weighted by Gasteiger charge is -2.14. The first-order chi connectivity index (χ1) is 14.1. The molecule has 0 radical (unpaired) electrons. The molecule has 0 atom stereocenters. The lowest BCUT2D eigenvalue weighted by atomic mass is 10.1. The van der Waals surface area contributed by atoms with Gasteiger partial charge in [0, 0.05) is 17.4 Å². The van der Waals surface area contributed by atoms with Crippen molar-refractivity contribution in [1.82, 2.24) is 9.97 Å². The second-order valence-corrected chi connectivity index (χ2v) is 7.35. The smallest absolute Gasteiger partial charge is 0.259 e. The average Bonchev–Trinajstić information content (AvgIpc) is 3.18. The van der Waals surface area contributed by atoms with Crippen LogP contribution in [0.1, 0.15) is 15.9 Å². The minimum atomic E-state index is -0.271. The Hall–Kier alpha value is -3.45. The Morgan fingerprint density at radius 2 is 1.93 bits per heavy atom. The van der Waals surface area contributed by atoms with Crippen LogP contribution in [0.25, 0.3) is 20.9 Å². The van der Waals surface area contributed by atoms with Gasteiger partial charge in [0.15, 0.2) is 11.5 Å². The molecule has 4 aromatic rings. The van der Waals surface area contributed by atoms with Gasteiger partial charge in [-0.05, 0) is 42.8 Å². The number of hydrogen-bond donors (Lipinski definition) is 1. The van der Waals surface area contributed by atoms with Gasteiger partial charge in [-0.15, -0.1) is 0 Å². The molecule has 0 aliphatic carbocycles. The first kappa shape index (κ1) is 18.9. The van der Waals surface area contributed by atoms with Crippen LogP contribution in [0.3, 0.4) is 0 Å². The fourth-order valence-corrected chi connectivity index (χ4v) is 3.94. The van der Waals surface area contributed by atoms with Gasteiger partial charge in [-0.1, -0.05) is 29.5 Å². The highest BCUT2D eigenvalue weighted by Crippen LogP contribution is 2.33. The van der Waals surface area contributed by atoms with Crippen molar-refractivity contribution in [3.8, 4) is 22.1 Å². The summed E-state index contributed by atoms with van der Waals surface area (Å²) in [7, 11) is 3.06. The zero-order chi connectivity index (χ0) is 20.4. The number of methoxy groups -OCH3 is 2. The van der Waals surface area contributed by atoms with Crippen LogP contribution in [0.4, 0.5) is 5.69 Å². The summed E-state index contributed by atoms with van der Waals surface area (Å²) >= 11 is 1.52. The Kier molecular flexibility index (Phi) is 5.14. The second kappa shape index (κ2) is 7.89. The van der Waals surface area contributed by atoms with E-state index >= 15 is 0 Å². The molecule has 0 saturated heterocycles. The van der Waals surface area contributed by atoms with Crippen LogP contribution >= 0.6 is 11.3 Å². The topological polar surface area (TPSA) is 73.3 Å². The predicted molar refractivity (Wildman–Crippen MR) is 115 cm³/mol. The van der Waals surface area contributed by atoms with Crippen molar-refractivity contribution in [3.05, 3.63) is 65.9 Å². The molecule has 0 aliphatic rings. The van der Waals surface area contributed by atoms with Crippen LogP contribution in [-0.2, 0) is 0 Å². The summed E-state index contributed by atoms with van der Waals surface area (Å²) in [6, 6.07) is 14.9. The number of fused-ring (bicyclic) bond motifs is 1. The molecule has 29 heavy (non-hydrogen) atoms. The van der Waals surface area contributed by atoms with Gasteiger partial charge in [0.05, 0.1) is 19.8 Å². The number of thiazole rings is 1. The number of rotatable bonds is 5. The fraction of sp³-hybridized carbons (Fsp3) is 0.136. The second-order valence-electron chi connectivity index (χ2n) is 6.37. The van der Waals surface area contributed by atoms with E-state index in [-0.39, 0.29) is 5.91 Å². The van der Waals surface area contributed by atoms with E-state index in [9.17, 15) is 4.79 Å². The number of para-hydroxylation sites is 1. The minimum Gasteiger partial charge on any atom is -0.493 e. The molecule has 0 aliphatic heterocycles. The third kappa shape index (κ3) is 3.64. The van der Waals surface area contributed by atoms with Gasteiger partial charge in [-0.25, -0.2) is 9.97 Å². The Morgan fingerprint density at radius 3 is 2.69 bits per heavy atom. The van der Waals surface area contributed by atoms with E-state index in [2.05, 4.69) is 15.3 Å². The lowest BCUT2D eigenvalue weighted by Crippen LogP contribution is -2.14. The van der Waals surface area contributed by atoms with Crippen molar-refractivity contribution in [2.45, 2.75) is 6.92 Å². The van der Waals surface area contributed by atoms with Crippen molar-refractivity contribution in [2.24, 2.45) is 0 Å². The zero-order valence-corrected chi connectivity index (χ0v) is 17.0. The average molecular weight is 405 g/mol. The summed E-state index contributed by atoms with van der Waals surface area (Å²) in [6.07, 6.45) is 1.76. The molecule has 7 heteroatoms. The molecule has 2 heterocycles. The number of hydrogen-bond acceptors (Lipinski definition) is 6. The number of benzene rings is 2. The summed E-state index contributed by atoms with van der Waals surface area (Å²) in [4.78, 5) is 22.8. The van der Waals surface area contributed by atoms with Crippen LogP contribution in [-0.4, -0.2) is 30.1 Å². The molecule has 2 aromatic heterocycles. The van der Waals surface area contributed by atoms with Crippen LogP contribution in [0, 0.1) is 6.92 Å². The van der Waals surface area contributed by atoms with Crippen molar-refractivity contribution >= 4 is 33.3 Å². The molecular formula is C22H19N3O3S. The number of nitrogens with one attached hydrogen (secondary N) is 1. The minimum absolute atomic E-state index is 0.271. The number of aromatic nitrogens is 2. The van der Waals surface area contributed by atoms with Crippen molar-refractivity contribution in [3.63, 3.8) is 0 Å². The maximum absolute atomic E-state index is 12.9. The Balaban J connectivity index is 1.67. The number of ether oxygens (including phenoxy) is 2. The van der Waals surface area contributed by atoms with Crippen LogP contribution in [0.15, 0.2) is 54.7 Å². The van der Waals surface area contributed by atoms with Gasteiger partial charge in [0.2, 0.25) is 0 Å². The van der Waals surface area contributed by atoms with E-state index in [1.54, 1.807) is 31.5 Å². The summed E-state index contributed by atoms with van der Waals surface area (Å²) in [5.74, 6) is 0.637. The normalized spacial score (nSPS) is 10.7. The summed E-state index contributed by atoms with van der Waals surface area (Å²) in [6.45, 7) is 1.95. The highest BCUT2D eigenvalue weighted by atomic mass is 32.1. The molecular weight excluding hydrogens is 386 g/mol. The number of anilines is 1. The quantitative estimate of drug-likeness (QED) is 0.509. The molecule has 4 rings (SSSR count). The molecule has 2 aromatic carbocycles. The molecule has 0 unspecified atom stereocenters. The van der Waals surface area contributed by atoms with Gasteiger partial charge in [0.25, 0.3) is 5.91 Å². The molecule has 0 spiro atoms. The van der Waals surface area contributed by atoms with Crippen LogP contribution in [0.2, 0.25) is 0 Å². The number of carbonyl (C=O) groups excluding carboxylic acids is 1. The third-order valence-electron chi connectivity index (χ3n) is 4.55. The first-order valence-corrected chi connectivity index (χ1v) is 9.77. The van der Waals surface area contributed by atoms with Gasteiger partial charge in [-0.2, -0.15) is 0 Å². The molecule has 1 amide bonds. The van der Waals surface area contributed by atoms with E-state index in [1.165, 1.54) is 18.4 Å². The fourth-order valence-electron chi connectivity index (χ4n) is 3.04.